The molecule has 0 amide bonds. The minimum atomic E-state index is -1.23. The SMILES string of the molecule is CCNc1nc(NN)nc2c1ncn2C1O[C@H](CO)C(O)[C@H]1O. The molecule has 1 aliphatic heterocycles. The van der Waals surface area contributed by atoms with Crippen LogP contribution < -0.4 is 16.6 Å². The molecule has 126 valence electrons. The molecule has 1 aliphatic rings. The number of nitrogen functional groups attached to an aromatic ring is 1. The molecule has 1 saturated heterocycles. The average Bonchev–Trinajstić information content (AvgIpc) is 3.10. The number of ether oxygens (including phenoxy) is 1. The number of nitrogens with two attached hydrogens (primary N) is 1. The van der Waals surface area contributed by atoms with Gasteiger partial charge in [-0.3, -0.25) is 9.99 Å². The zero-order valence-electron chi connectivity index (χ0n) is 12.4. The molecule has 0 saturated carbocycles. The van der Waals surface area contributed by atoms with Crippen molar-refractivity contribution in [3.8, 4) is 0 Å². The lowest BCUT2D eigenvalue weighted by Crippen LogP contribution is -2.33. The molecule has 3 heterocycles. The minimum absolute atomic E-state index is 0.168. The summed E-state index contributed by atoms with van der Waals surface area (Å²) >= 11 is 0. The average molecular weight is 325 g/mol. The molecule has 3 rings (SSSR count). The molecule has 1 fully saturated rings. The van der Waals surface area contributed by atoms with E-state index in [1.165, 1.54) is 10.9 Å². The van der Waals surface area contributed by atoms with E-state index < -0.39 is 31.1 Å². The molecule has 0 bridgehead atoms. The van der Waals surface area contributed by atoms with Gasteiger partial charge in [-0.2, -0.15) is 9.97 Å². The number of rotatable bonds is 5. The highest BCUT2D eigenvalue weighted by Gasteiger charge is 2.44. The van der Waals surface area contributed by atoms with Crippen LogP contribution in [-0.4, -0.2) is 66.3 Å². The minimum Gasteiger partial charge on any atom is -0.394 e. The van der Waals surface area contributed by atoms with Gasteiger partial charge < -0.3 is 25.4 Å². The number of fused-ring (bicyclic) bond motifs is 1. The fraction of sp³-hybridized carbons (Fsp3) is 0.583. The van der Waals surface area contributed by atoms with E-state index in [1.807, 2.05) is 6.92 Å². The number of hydrazine groups is 1. The normalized spacial score (nSPS) is 27.5. The first-order valence-electron chi connectivity index (χ1n) is 7.18. The number of imidazole rings is 1. The summed E-state index contributed by atoms with van der Waals surface area (Å²) in [5.41, 5.74) is 3.22. The Bertz CT molecular complexity index is 693. The van der Waals surface area contributed by atoms with Crippen LogP contribution in [0.4, 0.5) is 11.8 Å². The first-order chi connectivity index (χ1) is 11.1. The molecule has 2 aromatic heterocycles. The van der Waals surface area contributed by atoms with Crippen molar-refractivity contribution in [1.82, 2.24) is 19.5 Å². The van der Waals surface area contributed by atoms with Crippen LogP contribution in [0.25, 0.3) is 11.2 Å². The van der Waals surface area contributed by atoms with E-state index in [1.54, 1.807) is 0 Å². The van der Waals surface area contributed by atoms with Crippen LogP contribution in [-0.2, 0) is 4.74 Å². The Labute approximate surface area is 131 Å². The van der Waals surface area contributed by atoms with Gasteiger partial charge in [0.15, 0.2) is 23.2 Å². The van der Waals surface area contributed by atoms with Gasteiger partial charge in [-0.25, -0.2) is 10.8 Å². The van der Waals surface area contributed by atoms with Crippen LogP contribution in [0.15, 0.2) is 6.33 Å². The zero-order chi connectivity index (χ0) is 16.6. The fourth-order valence-corrected chi connectivity index (χ4v) is 2.57. The summed E-state index contributed by atoms with van der Waals surface area (Å²) in [5.74, 6) is 6.04. The standard InChI is InChI=1S/C12H19N7O4/c1-2-14-9-6-10(17-12(16-9)18-13)19(4-15-6)11-8(22)7(21)5(3-20)23-11/h4-5,7-8,11,20-22H,2-3,13H2,1H3,(H2,14,16,17,18)/t5-,7?,8-,11?/m1/s1. The molecular weight excluding hydrogens is 306 g/mol. The largest absolute Gasteiger partial charge is 0.394 e. The van der Waals surface area contributed by atoms with Crippen LogP contribution in [0.5, 0.6) is 0 Å². The van der Waals surface area contributed by atoms with Crippen molar-refractivity contribution in [2.24, 2.45) is 5.84 Å². The molecule has 0 spiro atoms. The lowest BCUT2D eigenvalue weighted by molar-refractivity contribution is -0.0511. The first kappa shape index (κ1) is 15.8. The number of anilines is 2. The highest BCUT2D eigenvalue weighted by molar-refractivity contribution is 5.84. The third-order valence-corrected chi connectivity index (χ3v) is 3.69. The molecule has 0 radical (unpaired) electrons. The molecule has 2 unspecified atom stereocenters. The van der Waals surface area contributed by atoms with E-state index in [2.05, 4.69) is 25.7 Å². The second kappa shape index (κ2) is 6.22. The van der Waals surface area contributed by atoms with Gasteiger partial charge in [-0.15, -0.1) is 0 Å². The Morgan fingerprint density at radius 1 is 1.35 bits per heavy atom. The highest BCUT2D eigenvalue weighted by atomic mass is 16.6. The van der Waals surface area contributed by atoms with Gasteiger partial charge >= 0.3 is 0 Å². The highest BCUT2D eigenvalue weighted by Crippen LogP contribution is 2.32. The Hall–Kier alpha value is -2.05. The number of hydrogen-bond donors (Lipinski definition) is 6. The summed E-state index contributed by atoms with van der Waals surface area (Å²) in [4.78, 5) is 12.7. The Balaban J connectivity index is 2.07. The summed E-state index contributed by atoms with van der Waals surface area (Å²) in [6.07, 6.45) is -2.81. The maximum absolute atomic E-state index is 10.2. The van der Waals surface area contributed by atoms with Gasteiger partial charge in [0.2, 0.25) is 5.95 Å². The number of aliphatic hydroxyl groups excluding tert-OH is 3. The topological polar surface area (TPSA) is 164 Å². The number of nitrogens with zero attached hydrogens (tertiary/aromatic N) is 4. The van der Waals surface area contributed by atoms with Crippen LogP contribution in [0.2, 0.25) is 0 Å². The summed E-state index contributed by atoms with van der Waals surface area (Å²) in [6.45, 7) is 2.12. The molecular formula is C12H19N7O4. The monoisotopic (exact) mass is 325 g/mol. The number of aliphatic hydroxyl groups is 3. The van der Waals surface area contributed by atoms with Gasteiger partial charge in [0.05, 0.1) is 12.9 Å². The maximum Gasteiger partial charge on any atom is 0.241 e. The van der Waals surface area contributed by atoms with Gasteiger partial charge in [-0.1, -0.05) is 0 Å². The van der Waals surface area contributed by atoms with E-state index in [-0.39, 0.29) is 5.95 Å². The second-order valence-electron chi connectivity index (χ2n) is 5.12. The van der Waals surface area contributed by atoms with Crippen molar-refractivity contribution in [2.45, 2.75) is 31.5 Å². The summed E-state index contributed by atoms with van der Waals surface area (Å²) < 4.78 is 6.98. The van der Waals surface area contributed by atoms with Crippen molar-refractivity contribution in [1.29, 1.82) is 0 Å². The predicted molar refractivity (Wildman–Crippen MR) is 80.3 cm³/mol. The van der Waals surface area contributed by atoms with E-state index in [9.17, 15) is 15.3 Å². The van der Waals surface area contributed by atoms with E-state index in [0.717, 1.165) is 0 Å². The second-order valence-corrected chi connectivity index (χ2v) is 5.12. The van der Waals surface area contributed by atoms with E-state index >= 15 is 0 Å². The lowest BCUT2D eigenvalue weighted by Gasteiger charge is -2.17. The fourth-order valence-electron chi connectivity index (χ4n) is 2.57. The Morgan fingerprint density at radius 3 is 2.74 bits per heavy atom. The quantitative estimate of drug-likeness (QED) is 0.272. The van der Waals surface area contributed by atoms with Gasteiger partial charge in [0.25, 0.3) is 0 Å². The first-order valence-corrected chi connectivity index (χ1v) is 7.18. The molecule has 4 atom stereocenters. The number of aromatic nitrogens is 4. The maximum atomic E-state index is 10.2. The summed E-state index contributed by atoms with van der Waals surface area (Å²) in [5, 5.41) is 32.3. The molecule has 2 aromatic rings. The third-order valence-electron chi connectivity index (χ3n) is 3.69. The zero-order valence-corrected chi connectivity index (χ0v) is 12.4. The van der Waals surface area contributed by atoms with Crippen LogP contribution in [0, 0.1) is 0 Å². The van der Waals surface area contributed by atoms with Gasteiger partial charge in [-0.05, 0) is 6.92 Å². The third kappa shape index (κ3) is 2.58. The van der Waals surface area contributed by atoms with Crippen LogP contribution in [0.1, 0.15) is 13.2 Å². The van der Waals surface area contributed by atoms with Crippen LogP contribution in [0.3, 0.4) is 0 Å². The van der Waals surface area contributed by atoms with Crippen molar-refractivity contribution >= 4 is 22.9 Å². The molecule has 11 heteroatoms. The Morgan fingerprint density at radius 2 is 2.13 bits per heavy atom. The Kier molecular flexibility index (Phi) is 4.28. The van der Waals surface area contributed by atoms with E-state index in [4.69, 9.17) is 10.6 Å². The van der Waals surface area contributed by atoms with E-state index in [0.29, 0.717) is 23.5 Å². The smallest absolute Gasteiger partial charge is 0.241 e. The van der Waals surface area contributed by atoms with Gasteiger partial charge in [0.1, 0.15) is 18.3 Å². The predicted octanol–water partition coefficient (Wildman–Crippen LogP) is -1.84. The molecule has 11 nitrogen and oxygen atoms in total. The lowest BCUT2D eigenvalue weighted by atomic mass is 10.1. The number of nitrogens with one attached hydrogen (secondary N) is 2. The van der Waals surface area contributed by atoms with Crippen molar-refractivity contribution in [2.75, 3.05) is 23.9 Å². The number of hydrogen-bond acceptors (Lipinski definition) is 10. The van der Waals surface area contributed by atoms with Gasteiger partial charge in [0, 0.05) is 6.54 Å². The van der Waals surface area contributed by atoms with Crippen molar-refractivity contribution in [3.63, 3.8) is 0 Å². The van der Waals surface area contributed by atoms with Crippen molar-refractivity contribution < 1.29 is 20.1 Å². The van der Waals surface area contributed by atoms with Crippen LogP contribution >= 0.6 is 0 Å². The molecule has 7 N–H and O–H groups in total. The molecule has 0 aromatic carbocycles. The summed E-state index contributed by atoms with van der Waals surface area (Å²) in [6, 6.07) is 0. The molecule has 23 heavy (non-hydrogen) atoms. The molecule has 0 aliphatic carbocycles. The summed E-state index contributed by atoms with van der Waals surface area (Å²) in [7, 11) is 0. The van der Waals surface area contributed by atoms with Crippen molar-refractivity contribution in [3.05, 3.63) is 6.33 Å².